The maximum atomic E-state index is 16.0. The fraction of sp³-hybridized carbons (Fsp3) is 0.394. The van der Waals surface area contributed by atoms with E-state index >= 15 is 4.39 Å². The van der Waals surface area contributed by atoms with Crippen LogP contribution in [0.15, 0.2) is 48.7 Å². The van der Waals surface area contributed by atoms with Crippen LogP contribution in [0.25, 0.3) is 22.2 Å². The Kier molecular flexibility index (Phi) is 6.85. The molecule has 238 valence electrons. The number of alkyl halides is 2. The van der Waals surface area contributed by atoms with Crippen molar-refractivity contribution in [3.8, 4) is 22.9 Å². The number of imidazole rings is 1. The predicted octanol–water partition coefficient (Wildman–Crippen LogP) is 6.19. The van der Waals surface area contributed by atoms with E-state index in [4.69, 9.17) is 9.72 Å². The number of amides is 1. The highest BCUT2D eigenvalue weighted by Gasteiger charge is 2.57. The van der Waals surface area contributed by atoms with Gasteiger partial charge >= 0.3 is 6.61 Å². The summed E-state index contributed by atoms with van der Waals surface area (Å²) in [7, 11) is -1.53. The molecule has 9 nitrogen and oxygen atoms in total. The normalized spacial score (nSPS) is 25.7. The number of hydrogen-bond donors (Lipinski definition) is 2. The summed E-state index contributed by atoms with van der Waals surface area (Å²) in [6.45, 7) is 4.18. The van der Waals surface area contributed by atoms with E-state index in [2.05, 4.69) is 21.1 Å². The van der Waals surface area contributed by atoms with Crippen molar-refractivity contribution >= 4 is 27.9 Å². The van der Waals surface area contributed by atoms with E-state index in [0.29, 0.717) is 40.0 Å². The van der Waals surface area contributed by atoms with E-state index in [-0.39, 0.29) is 35.8 Å². The number of hydrogen-bond acceptors (Lipinski definition) is 6. The summed E-state index contributed by atoms with van der Waals surface area (Å²) >= 11 is 0. The maximum Gasteiger partial charge on any atom is 0.387 e. The molecule has 4 aromatic rings. The fourth-order valence-corrected chi connectivity index (χ4v) is 8.02. The Balaban J connectivity index is 1.29. The highest BCUT2D eigenvalue weighted by atomic mass is 32.2. The van der Waals surface area contributed by atoms with Gasteiger partial charge in [-0.1, -0.05) is 12.1 Å². The van der Waals surface area contributed by atoms with Crippen LogP contribution in [-0.2, 0) is 16.5 Å². The summed E-state index contributed by atoms with van der Waals surface area (Å²) in [6, 6.07) is 12.7. The first-order chi connectivity index (χ1) is 21.7. The molecule has 2 aromatic carbocycles. The first-order valence-corrected chi connectivity index (χ1v) is 16.0. The molecule has 2 bridgehead atoms. The number of halogens is 3. The Labute approximate surface area is 265 Å². The molecule has 2 aromatic heterocycles. The second-order valence-corrected chi connectivity index (χ2v) is 15.5. The molecule has 4 heterocycles. The number of carbonyl (C=O) groups excluding carboxylic acids is 1. The van der Waals surface area contributed by atoms with Gasteiger partial charge in [-0.3, -0.25) is 9.78 Å². The van der Waals surface area contributed by atoms with E-state index in [1.165, 1.54) is 18.2 Å². The summed E-state index contributed by atoms with van der Waals surface area (Å²) in [5.74, 6) is -0.456. The summed E-state index contributed by atoms with van der Waals surface area (Å²) < 4.78 is 65.1. The monoisotopic (exact) mass is 648 g/mol. The van der Waals surface area contributed by atoms with Gasteiger partial charge in [0, 0.05) is 22.9 Å². The molecule has 3 aliphatic rings. The van der Waals surface area contributed by atoms with Crippen LogP contribution < -0.4 is 14.8 Å². The summed E-state index contributed by atoms with van der Waals surface area (Å²) in [4.78, 5) is 22.3. The van der Waals surface area contributed by atoms with E-state index < -0.39 is 51.2 Å². The van der Waals surface area contributed by atoms with Crippen LogP contribution in [0.3, 0.4) is 0 Å². The van der Waals surface area contributed by atoms with Crippen LogP contribution in [0.5, 0.6) is 5.75 Å². The smallest absolute Gasteiger partial charge is 0.387 e. The van der Waals surface area contributed by atoms with Crippen molar-refractivity contribution in [2.75, 3.05) is 0 Å². The van der Waals surface area contributed by atoms with Crippen molar-refractivity contribution < 1.29 is 26.9 Å². The minimum absolute atomic E-state index is 0.0700. The van der Waals surface area contributed by atoms with Crippen LogP contribution in [-0.4, -0.2) is 36.0 Å². The third kappa shape index (κ3) is 4.77. The van der Waals surface area contributed by atoms with Crippen molar-refractivity contribution in [3.05, 3.63) is 77.1 Å². The van der Waals surface area contributed by atoms with Crippen LogP contribution in [0, 0.1) is 22.6 Å². The molecule has 3 atom stereocenters. The molecule has 2 aliphatic heterocycles. The number of nitrogens with zero attached hydrogens (tertiary/aromatic N) is 4. The topological polar surface area (TPSA) is 122 Å². The molecule has 0 saturated heterocycles. The molecular formula is C33H31F3N6O3S. The van der Waals surface area contributed by atoms with Crippen molar-refractivity contribution in [2.45, 2.75) is 75.9 Å². The molecule has 0 radical (unpaired) electrons. The maximum absolute atomic E-state index is 16.0. The zero-order valence-electron chi connectivity index (χ0n) is 25.5. The summed E-state index contributed by atoms with van der Waals surface area (Å²) in [5.41, 5.74) is 1.40. The Morgan fingerprint density at radius 2 is 1.96 bits per heavy atom. The minimum Gasteiger partial charge on any atom is -0.434 e. The van der Waals surface area contributed by atoms with E-state index in [1.807, 2.05) is 31.4 Å². The second kappa shape index (κ2) is 10.4. The van der Waals surface area contributed by atoms with Gasteiger partial charge in [-0.15, -0.1) is 0 Å². The molecule has 1 fully saturated rings. The Hall–Kier alpha value is -4.28. The average Bonchev–Trinajstić information content (AvgIpc) is 3.47. The van der Waals surface area contributed by atoms with Gasteiger partial charge in [0.1, 0.15) is 17.4 Å². The molecule has 7 rings (SSSR count). The van der Waals surface area contributed by atoms with E-state index in [1.54, 1.807) is 31.3 Å². The minimum atomic E-state index is -3.07. The van der Waals surface area contributed by atoms with Gasteiger partial charge < -0.3 is 14.6 Å². The molecule has 13 heteroatoms. The lowest BCUT2D eigenvalue weighted by Gasteiger charge is -2.51. The Bertz CT molecular complexity index is 1990. The lowest BCUT2D eigenvalue weighted by molar-refractivity contribution is -0.0507. The number of fused-ring (bicyclic) bond motifs is 9. The first kappa shape index (κ1) is 30.4. The van der Waals surface area contributed by atoms with Crippen LogP contribution in [0.1, 0.15) is 86.5 Å². The molecule has 46 heavy (non-hydrogen) atoms. The summed E-state index contributed by atoms with van der Waals surface area (Å²) in [6.07, 6.45) is 2.48. The van der Waals surface area contributed by atoms with E-state index in [9.17, 15) is 23.0 Å². The van der Waals surface area contributed by atoms with Gasteiger partial charge in [-0.05, 0) is 82.9 Å². The van der Waals surface area contributed by atoms with Gasteiger partial charge in [0.25, 0.3) is 5.91 Å². The van der Waals surface area contributed by atoms with Gasteiger partial charge in [-0.25, -0.2) is 18.3 Å². The number of ether oxygens (including phenoxy) is 1. The van der Waals surface area contributed by atoms with Gasteiger partial charge in [-0.2, -0.15) is 14.0 Å². The molecular weight excluding hydrogens is 617 g/mol. The van der Waals surface area contributed by atoms with Crippen molar-refractivity contribution in [1.29, 1.82) is 5.26 Å². The molecule has 0 unspecified atom stereocenters. The Morgan fingerprint density at radius 1 is 1.20 bits per heavy atom. The van der Waals surface area contributed by atoms with Crippen LogP contribution >= 0.6 is 0 Å². The lowest BCUT2D eigenvalue weighted by atomic mass is 9.58. The number of benzene rings is 2. The highest BCUT2D eigenvalue weighted by Crippen LogP contribution is 2.54. The average molecular weight is 649 g/mol. The third-order valence-electron chi connectivity index (χ3n) is 9.09. The quantitative estimate of drug-likeness (QED) is 0.257. The van der Waals surface area contributed by atoms with Crippen molar-refractivity contribution in [2.24, 2.45) is 5.41 Å². The second-order valence-electron chi connectivity index (χ2n) is 13.6. The fourth-order valence-electron chi connectivity index (χ4n) is 7.12. The molecule has 2 N–H and O–H groups in total. The van der Waals surface area contributed by atoms with Crippen molar-refractivity contribution in [3.63, 3.8) is 0 Å². The molecule has 1 aliphatic carbocycles. The lowest BCUT2D eigenvalue weighted by Crippen LogP contribution is -2.59. The zero-order chi connectivity index (χ0) is 32.8. The molecule has 1 saturated carbocycles. The standard InChI is InChI=1S/C33H31F3N6O3S/c1-31(2,3)46(44)41-33(14-32(4,15-33)16-37)27-20(34)10-18(13-38-27)17-8-9-21-23(11-17)42-24-12-22(28(42)39-21)40-29(43)19-6-5-7-25(26(19)24)45-30(35)36/h5-11,13,22,24,30,41H,12,14-15H2,1-4H3,(H,40,43)/t22-,24-,32?,33?,46-/m1/s1. The third-order valence-corrected chi connectivity index (χ3v) is 10.8. The van der Waals surface area contributed by atoms with Crippen LogP contribution in [0.4, 0.5) is 13.2 Å². The number of nitriles is 1. The SMILES string of the molecule is CC1(C#N)CC(N[S@](=O)C(C)(C)C)(c2ncc(-c3ccc4nc5n(c4c3)[C@@H]3C[C@H]5NC(=O)c4cccc(OC(F)F)c43)cc2F)C1. The van der Waals surface area contributed by atoms with Crippen molar-refractivity contribution in [1.82, 2.24) is 24.6 Å². The molecule has 1 amide bonds. The Morgan fingerprint density at radius 3 is 2.63 bits per heavy atom. The predicted molar refractivity (Wildman–Crippen MR) is 165 cm³/mol. The number of aromatic nitrogens is 3. The number of pyridine rings is 1. The summed E-state index contributed by atoms with van der Waals surface area (Å²) in [5, 5.41) is 12.6. The first-order valence-electron chi connectivity index (χ1n) is 14.9. The largest absolute Gasteiger partial charge is 0.434 e. The van der Waals surface area contributed by atoms with E-state index in [0.717, 1.165) is 0 Å². The molecule has 0 spiro atoms. The zero-order valence-corrected chi connectivity index (χ0v) is 26.3. The number of rotatable bonds is 6. The van der Waals surface area contributed by atoms with Crippen LogP contribution in [0.2, 0.25) is 0 Å². The van der Waals surface area contributed by atoms with Gasteiger partial charge in [0.2, 0.25) is 0 Å². The number of carbonyl (C=O) groups is 1. The van der Waals surface area contributed by atoms with Gasteiger partial charge in [0.15, 0.2) is 0 Å². The van der Waals surface area contributed by atoms with Gasteiger partial charge in [0.05, 0.1) is 61.6 Å². The number of nitrogens with one attached hydrogen (secondary N) is 2. The highest BCUT2D eigenvalue weighted by molar-refractivity contribution is 7.84.